The van der Waals surface area contributed by atoms with Gasteiger partial charge in [-0.3, -0.25) is 0 Å². The Bertz CT molecular complexity index is 1250. The van der Waals surface area contributed by atoms with E-state index in [1.807, 2.05) is 66.7 Å². The fourth-order valence-electron chi connectivity index (χ4n) is 4.07. The highest BCUT2D eigenvalue weighted by atomic mass is 16.3. The summed E-state index contributed by atoms with van der Waals surface area (Å²) in [4.78, 5) is 0. The minimum Gasteiger partial charge on any atom is -0.507 e. The molecule has 1 aliphatic rings. The third-order valence-electron chi connectivity index (χ3n) is 5.60. The van der Waals surface area contributed by atoms with Crippen molar-refractivity contribution in [3.63, 3.8) is 0 Å². The van der Waals surface area contributed by atoms with Crippen LogP contribution < -0.4 is 0 Å². The molecule has 0 heterocycles. The Morgan fingerprint density at radius 2 is 1.36 bits per heavy atom. The monoisotopic (exact) mass is 364 g/mol. The highest BCUT2D eigenvalue weighted by molar-refractivity contribution is 6.11. The van der Waals surface area contributed by atoms with Gasteiger partial charge in [0.05, 0.1) is 0 Å². The SMILES string of the molecule is Oc1c2ccc(C3C=CC=CC3)cc2c(O)c2ccc(-c3ccccc3)cc12. The van der Waals surface area contributed by atoms with Crippen LogP contribution in [0.4, 0.5) is 0 Å². The summed E-state index contributed by atoms with van der Waals surface area (Å²) in [5, 5.41) is 24.6. The maximum absolute atomic E-state index is 11.0. The van der Waals surface area contributed by atoms with Gasteiger partial charge in [-0.05, 0) is 41.3 Å². The number of benzene rings is 4. The molecule has 0 spiro atoms. The van der Waals surface area contributed by atoms with E-state index in [-0.39, 0.29) is 11.5 Å². The molecule has 0 bridgehead atoms. The van der Waals surface area contributed by atoms with Crippen molar-refractivity contribution in [2.24, 2.45) is 0 Å². The summed E-state index contributed by atoms with van der Waals surface area (Å²) in [5.41, 5.74) is 3.23. The molecule has 4 aromatic carbocycles. The Kier molecular flexibility index (Phi) is 3.91. The zero-order chi connectivity index (χ0) is 19.1. The molecular formula is C26H20O2. The first-order valence-electron chi connectivity index (χ1n) is 9.52. The van der Waals surface area contributed by atoms with E-state index in [0.29, 0.717) is 27.5 Å². The molecule has 0 radical (unpaired) electrons. The zero-order valence-corrected chi connectivity index (χ0v) is 15.3. The summed E-state index contributed by atoms with van der Waals surface area (Å²) in [6.45, 7) is 0. The van der Waals surface area contributed by atoms with Crippen LogP contribution in [0.1, 0.15) is 17.9 Å². The van der Waals surface area contributed by atoms with Gasteiger partial charge in [0.2, 0.25) is 0 Å². The van der Waals surface area contributed by atoms with E-state index >= 15 is 0 Å². The van der Waals surface area contributed by atoms with E-state index in [2.05, 4.69) is 24.3 Å². The third-order valence-corrected chi connectivity index (χ3v) is 5.60. The van der Waals surface area contributed by atoms with E-state index in [1.165, 1.54) is 0 Å². The first kappa shape index (κ1) is 16.6. The Morgan fingerprint density at radius 1 is 0.643 bits per heavy atom. The van der Waals surface area contributed by atoms with Crippen molar-refractivity contribution in [1.82, 2.24) is 0 Å². The van der Waals surface area contributed by atoms with Crippen LogP contribution in [0, 0.1) is 0 Å². The molecule has 5 rings (SSSR count). The van der Waals surface area contributed by atoms with Crippen molar-refractivity contribution >= 4 is 21.5 Å². The number of aromatic hydroxyl groups is 2. The second-order valence-electron chi connectivity index (χ2n) is 7.28. The van der Waals surface area contributed by atoms with Gasteiger partial charge in [0, 0.05) is 27.5 Å². The molecule has 4 aromatic rings. The molecule has 1 aliphatic carbocycles. The van der Waals surface area contributed by atoms with Crippen LogP contribution in [-0.2, 0) is 0 Å². The molecule has 0 fully saturated rings. The van der Waals surface area contributed by atoms with Crippen LogP contribution in [0.25, 0.3) is 32.7 Å². The lowest BCUT2D eigenvalue weighted by Gasteiger charge is -2.16. The maximum Gasteiger partial charge on any atom is 0.131 e. The second-order valence-corrected chi connectivity index (χ2v) is 7.28. The number of phenols is 2. The lowest BCUT2D eigenvalue weighted by Crippen LogP contribution is -1.96. The number of fused-ring (bicyclic) bond motifs is 2. The van der Waals surface area contributed by atoms with E-state index < -0.39 is 0 Å². The molecule has 136 valence electrons. The van der Waals surface area contributed by atoms with Crippen LogP contribution in [0.5, 0.6) is 11.5 Å². The van der Waals surface area contributed by atoms with E-state index in [9.17, 15) is 10.2 Å². The number of allylic oxidation sites excluding steroid dienone is 4. The van der Waals surface area contributed by atoms with E-state index in [0.717, 1.165) is 23.1 Å². The van der Waals surface area contributed by atoms with Crippen molar-refractivity contribution in [2.45, 2.75) is 12.3 Å². The van der Waals surface area contributed by atoms with Gasteiger partial charge in [-0.25, -0.2) is 0 Å². The van der Waals surface area contributed by atoms with Gasteiger partial charge in [-0.15, -0.1) is 0 Å². The predicted octanol–water partition coefficient (Wildman–Crippen LogP) is 6.67. The molecule has 0 aliphatic heterocycles. The summed E-state index contributed by atoms with van der Waals surface area (Å²) in [6.07, 6.45) is 9.38. The van der Waals surface area contributed by atoms with Crippen molar-refractivity contribution in [2.75, 3.05) is 0 Å². The fraction of sp³-hybridized carbons (Fsp3) is 0.0769. The fourth-order valence-corrected chi connectivity index (χ4v) is 4.07. The van der Waals surface area contributed by atoms with Crippen molar-refractivity contribution in [3.8, 4) is 22.6 Å². The first-order valence-corrected chi connectivity index (χ1v) is 9.52. The number of phenolic OH excluding ortho intramolecular Hbond substituents is 2. The van der Waals surface area contributed by atoms with Gasteiger partial charge in [-0.2, -0.15) is 0 Å². The van der Waals surface area contributed by atoms with Gasteiger partial charge >= 0.3 is 0 Å². The summed E-state index contributed by atoms with van der Waals surface area (Å²) in [6, 6.07) is 21.8. The molecule has 2 N–H and O–H groups in total. The molecule has 0 aromatic heterocycles. The van der Waals surface area contributed by atoms with Gasteiger partial charge in [0.15, 0.2) is 0 Å². The van der Waals surface area contributed by atoms with Gasteiger partial charge in [0.25, 0.3) is 0 Å². The zero-order valence-electron chi connectivity index (χ0n) is 15.3. The van der Waals surface area contributed by atoms with Crippen molar-refractivity contribution in [3.05, 3.63) is 96.6 Å². The lowest BCUT2D eigenvalue weighted by molar-refractivity contribution is 0.478. The van der Waals surface area contributed by atoms with Gasteiger partial charge in [-0.1, -0.05) is 72.8 Å². The first-order chi connectivity index (χ1) is 13.7. The smallest absolute Gasteiger partial charge is 0.131 e. The molecular weight excluding hydrogens is 344 g/mol. The number of hydrogen-bond acceptors (Lipinski definition) is 2. The van der Waals surface area contributed by atoms with Crippen LogP contribution in [-0.4, -0.2) is 10.2 Å². The minimum atomic E-state index is 0.214. The molecule has 0 amide bonds. The van der Waals surface area contributed by atoms with Crippen LogP contribution in [0.2, 0.25) is 0 Å². The highest BCUT2D eigenvalue weighted by Gasteiger charge is 2.16. The van der Waals surface area contributed by atoms with E-state index in [4.69, 9.17) is 0 Å². The van der Waals surface area contributed by atoms with Crippen LogP contribution in [0.15, 0.2) is 91.0 Å². The summed E-state index contributed by atoms with van der Waals surface area (Å²) in [7, 11) is 0. The van der Waals surface area contributed by atoms with Crippen LogP contribution >= 0.6 is 0 Å². The Morgan fingerprint density at radius 3 is 2.07 bits per heavy atom. The number of hydrogen-bond donors (Lipinski definition) is 2. The summed E-state index contributed by atoms with van der Waals surface area (Å²) in [5.74, 6) is 0.734. The van der Waals surface area contributed by atoms with E-state index in [1.54, 1.807) is 0 Å². The summed E-state index contributed by atoms with van der Waals surface area (Å²) >= 11 is 0. The van der Waals surface area contributed by atoms with Gasteiger partial charge < -0.3 is 10.2 Å². The van der Waals surface area contributed by atoms with Gasteiger partial charge in [0.1, 0.15) is 11.5 Å². The average molecular weight is 364 g/mol. The quantitative estimate of drug-likeness (QED) is 0.308. The number of rotatable bonds is 2. The maximum atomic E-state index is 11.0. The normalized spacial score (nSPS) is 16.1. The van der Waals surface area contributed by atoms with Crippen molar-refractivity contribution < 1.29 is 10.2 Å². The summed E-state index contributed by atoms with van der Waals surface area (Å²) < 4.78 is 0. The predicted molar refractivity (Wildman–Crippen MR) is 116 cm³/mol. The Labute approximate surface area is 163 Å². The average Bonchev–Trinajstić information content (AvgIpc) is 2.78. The van der Waals surface area contributed by atoms with Crippen LogP contribution in [0.3, 0.4) is 0 Å². The molecule has 2 heteroatoms. The Hall–Kier alpha value is -3.52. The molecule has 0 saturated carbocycles. The molecule has 2 nitrogen and oxygen atoms in total. The molecule has 0 saturated heterocycles. The topological polar surface area (TPSA) is 40.5 Å². The largest absolute Gasteiger partial charge is 0.507 e. The lowest BCUT2D eigenvalue weighted by atomic mass is 9.89. The molecule has 1 atom stereocenters. The molecule has 1 unspecified atom stereocenters. The minimum absolute atomic E-state index is 0.214. The second kappa shape index (κ2) is 6.58. The van der Waals surface area contributed by atoms with Crippen molar-refractivity contribution in [1.29, 1.82) is 0 Å². The standard InChI is InChI=1S/C26H20O2/c27-25-22-14-12-20(18-9-5-2-6-10-18)16-24(22)26(28)21-13-11-19(15-23(21)25)17-7-3-1-4-8-17/h1-9,11-16,18,27-28H,10H2. The highest BCUT2D eigenvalue weighted by Crippen LogP contribution is 2.44. The third kappa shape index (κ3) is 2.66. The Balaban J connectivity index is 1.71. The molecule has 28 heavy (non-hydrogen) atoms.